The fourth-order valence-electron chi connectivity index (χ4n) is 5.26. The molecule has 3 heterocycles. The molecule has 4 nitrogen and oxygen atoms in total. The zero-order valence-electron chi connectivity index (χ0n) is 18.5. The van der Waals surface area contributed by atoms with Crippen LogP contribution < -0.4 is 0 Å². The van der Waals surface area contributed by atoms with Crippen molar-refractivity contribution < 1.29 is 13.9 Å². The minimum Gasteiger partial charge on any atom is -0.369 e. The highest BCUT2D eigenvalue weighted by Crippen LogP contribution is 2.45. The van der Waals surface area contributed by atoms with Gasteiger partial charge in [-0.1, -0.05) is 29.8 Å². The number of halogens is 2. The minimum absolute atomic E-state index is 0.115. The van der Waals surface area contributed by atoms with E-state index in [-0.39, 0.29) is 22.6 Å². The van der Waals surface area contributed by atoms with Gasteiger partial charge in [-0.25, -0.2) is 0 Å². The normalized spacial score (nSPS) is 21.3. The molecule has 1 amide bonds. The van der Waals surface area contributed by atoms with Crippen LogP contribution in [0.5, 0.6) is 0 Å². The number of hydrogen-bond donors (Lipinski definition) is 0. The number of fused-ring (bicyclic) bond motifs is 2. The number of likely N-dealkylation sites (tertiary alicyclic amines) is 1. The summed E-state index contributed by atoms with van der Waals surface area (Å²) in [5.41, 5.74) is 1.79. The average Bonchev–Trinajstić information content (AvgIpc) is 3.56. The van der Waals surface area contributed by atoms with E-state index in [0.717, 1.165) is 66.2 Å². The summed E-state index contributed by atoms with van der Waals surface area (Å²) in [6.45, 7) is 3.06. The maximum Gasteiger partial charge on any atom is 0.227 e. The van der Waals surface area contributed by atoms with Gasteiger partial charge in [0, 0.05) is 42.6 Å². The van der Waals surface area contributed by atoms with Crippen molar-refractivity contribution in [1.82, 2.24) is 9.80 Å². The Bertz CT molecular complexity index is 984. The van der Waals surface area contributed by atoms with Gasteiger partial charge in [0.15, 0.2) is 5.13 Å². The minimum atomic E-state index is -0.355. The number of amides is 1. The molecule has 32 heavy (non-hydrogen) atoms. The average molecular weight is 477 g/mol. The molecular weight excluding hydrogens is 447 g/mol. The second-order valence-corrected chi connectivity index (χ2v) is 10.9. The molecule has 1 aromatic carbocycles. The maximum absolute atomic E-state index is 14.0. The SMILES string of the molecule is CN(C(=O)[C@@H](Cc1ccccc1Cl)CN1CCC2(CC1)OCCc1cc(F)sc12)C1CC1. The Labute approximate surface area is 198 Å². The lowest BCUT2D eigenvalue weighted by Crippen LogP contribution is -2.49. The highest BCUT2D eigenvalue weighted by atomic mass is 35.5. The topological polar surface area (TPSA) is 32.8 Å². The molecule has 0 radical (unpaired) electrons. The predicted molar refractivity (Wildman–Crippen MR) is 126 cm³/mol. The molecule has 1 saturated carbocycles. The molecule has 0 unspecified atom stereocenters. The molecule has 1 atom stereocenters. The number of carbonyl (C=O) groups excluding carboxylic acids is 1. The zero-order chi connectivity index (χ0) is 22.3. The standard InChI is InChI=1S/C25H30ClFN2O2S/c1-28(20-6-7-20)24(30)19(14-17-4-2-3-5-21(17)26)16-29-11-9-25(10-12-29)23-18(8-13-31-25)15-22(27)32-23/h2-5,15,19-20H,6-14,16H2,1H3/t19-/m0/s1. The second-order valence-electron chi connectivity index (χ2n) is 9.47. The number of thiophene rings is 1. The van der Waals surface area contributed by atoms with E-state index in [4.69, 9.17) is 16.3 Å². The van der Waals surface area contributed by atoms with Crippen LogP contribution in [0.15, 0.2) is 30.3 Å². The van der Waals surface area contributed by atoms with Crippen molar-refractivity contribution in [3.05, 3.63) is 56.5 Å². The number of carbonyl (C=O) groups is 1. The molecular formula is C25H30ClFN2O2S. The first-order valence-corrected chi connectivity index (χ1v) is 12.8. The number of nitrogens with zero attached hydrogens (tertiary/aromatic N) is 2. The van der Waals surface area contributed by atoms with Gasteiger partial charge in [-0.2, -0.15) is 4.39 Å². The molecule has 2 aliphatic heterocycles. The Balaban J connectivity index is 1.29. The van der Waals surface area contributed by atoms with Gasteiger partial charge in [-0.3, -0.25) is 4.79 Å². The van der Waals surface area contributed by atoms with Gasteiger partial charge in [-0.15, -0.1) is 11.3 Å². The first kappa shape index (κ1) is 22.3. The summed E-state index contributed by atoms with van der Waals surface area (Å²) in [5.74, 6) is 0.0841. The number of hydrogen-bond acceptors (Lipinski definition) is 4. The van der Waals surface area contributed by atoms with Gasteiger partial charge in [0.25, 0.3) is 0 Å². The van der Waals surface area contributed by atoms with E-state index in [2.05, 4.69) is 4.90 Å². The highest BCUT2D eigenvalue weighted by molar-refractivity contribution is 7.10. The number of piperidine rings is 1. The van der Waals surface area contributed by atoms with E-state index in [1.165, 1.54) is 11.3 Å². The van der Waals surface area contributed by atoms with E-state index in [0.29, 0.717) is 25.6 Å². The predicted octanol–water partition coefficient (Wildman–Crippen LogP) is 4.88. The fourth-order valence-corrected chi connectivity index (χ4v) is 6.61. The van der Waals surface area contributed by atoms with E-state index in [1.807, 2.05) is 36.2 Å². The van der Waals surface area contributed by atoms with Crippen LogP contribution in [0, 0.1) is 11.0 Å². The number of benzene rings is 1. The summed E-state index contributed by atoms with van der Waals surface area (Å²) >= 11 is 7.68. The van der Waals surface area contributed by atoms with Crippen molar-refractivity contribution in [2.24, 2.45) is 5.92 Å². The van der Waals surface area contributed by atoms with Gasteiger partial charge in [0.1, 0.15) is 5.60 Å². The molecule has 1 aromatic heterocycles. The molecule has 0 bridgehead atoms. The molecule has 1 saturated heterocycles. The van der Waals surface area contributed by atoms with Crippen LogP contribution in [0.3, 0.4) is 0 Å². The third kappa shape index (κ3) is 4.47. The molecule has 0 N–H and O–H groups in total. The molecule has 2 fully saturated rings. The molecule has 1 aliphatic carbocycles. The molecule has 2 aromatic rings. The summed E-state index contributed by atoms with van der Waals surface area (Å²) in [7, 11) is 1.94. The first-order valence-electron chi connectivity index (χ1n) is 11.6. The molecule has 3 aliphatic rings. The summed E-state index contributed by atoms with van der Waals surface area (Å²) < 4.78 is 20.2. The van der Waals surface area contributed by atoms with Crippen molar-refractivity contribution >= 4 is 28.8 Å². The quantitative estimate of drug-likeness (QED) is 0.595. The Morgan fingerprint density at radius 3 is 2.81 bits per heavy atom. The Morgan fingerprint density at radius 2 is 2.09 bits per heavy atom. The van der Waals surface area contributed by atoms with E-state index in [9.17, 15) is 9.18 Å². The van der Waals surface area contributed by atoms with Crippen molar-refractivity contribution in [3.8, 4) is 0 Å². The molecule has 5 rings (SSSR count). The summed E-state index contributed by atoms with van der Waals surface area (Å²) in [6.07, 6.45) is 5.32. The summed E-state index contributed by atoms with van der Waals surface area (Å²) in [5, 5.41) is 0.607. The maximum atomic E-state index is 14.0. The lowest BCUT2D eigenvalue weighted by Gasteiger charge is -2.44. The molecule has 1 spiro atoms. The first-order chi connectivity index (χ1) is 15.4. The zero-order valence-corrected chi connectivity index (χ0v) is 20.1. The van der Waals surface area contributed by atoms with E-state index >= 15 is 0 Å². The van der Waals surface area contributed by atoms with Crippen LogP contribution in [0.4, 0.5) is 4.39 Å². The van der Waals surface area contributed by atoms with Gasteiger partial charge in [0.05, 0.1) is 12.5 Å². The van der Waals surface area contributed by atoms with E-state index in [1.54, 1.807) is 6.07 Å². The van der Waals surface area contributed by atoms with Gasteiger partial charge >= 0.3 is 0 Å². The highest BCUT2D eigenvalue weighted by Gasteiger charge is 2.43. The largest absolute Gasteiger partial charge is 0.369 e. The van der Waals surface area contributed by atoms with Crippen LogP contribution in [-0.4, -0.2) is 55.0 Å². The summed E-state index contributed by atoms with van der Waals surface area (Å²) in [4.78, 5) is 18.8. The van der Waals surface area contributed by atoms with Gasteiger partial charge in [0.2, 0.25) is 5.91 Å². The lowest BCUT2D eigenvalue weighted by atomic mass is 9.85. The fraction of sp³-hybridized carbons (Fsp3) is 0.560. The van der Waals surface area contributed by atoms with Crippen molar-refractivity contribution in [3.63, 3.8) is 0 Å². The van der Waals surface area contributed by atoms with Gasteiger partial charge < -0.3 is 14.5 Å². The Hall–Kier alpha value is -1.47. The van der Waals surface area contributed by atoms with Crippen LogP contribution in [0.2, 0.25) is 5.02 Å². The second kappa shape index (κ2) is 9.05. The Kier molecular flexibility index (Phi) is 6.32. The monoisotopic (exact) mass is 476 g/mol. The van der Waals surface area contributed by atoms with Crippen LogP contribution in [-0.2, 0) is 28.0 Å². The smallest absolute Gasteiger partial charge is 0.227 e. The third-order valence-electron chi connectivity index (χ3n) is 7.30. The van der Waals surface area contributed by atoms with Gasteiger partial charge in [-0.05, 0) is 61.8 Å². The van der Waals surface area contributed by atoms with Crippen molar-refractivity contribution in [1.29, 1.82) is 0 Å². The third-order valence-corrected chi connectivity index (χ3v) is 8.82. The lowest BCUT2D eigenvalue weighted by molar-refractivity contribution is -0.136. The van der Waals surface area contributed by atoms with Crippen LogP contribution in [0.25, 0.3) is 0 Å². The van der Waals surface area contributed by atoms with Crippen molar-refractivity contribution in [2.45, 2.75) is 50.2 Å². The van der Waals surface area contributed by atoms with E-state index < -0.39 is 0 Å². The molecule has 172 valence electrons. The van der Waals surface area contributed by atoms with Crippen LogP contribution in [0.1, 0.15) is 41.7 Å². The number of rotatable bonds is 6. The van der Waals surface area contributed by atoms with Crippen molar-refractivity contribution in [2.75, 3.05) is 33.3 Å². The summed E-state index contributed by atoms with van der Waals surface area (Å²) in [6, 6.07) is 9.90. The van der Waals surface area contributed by atoms with Crippen LogP contribution >= 0.6 is 22.9 Å². The number of ether oxygens (including phenoxy) is 1. The molecule has 7 heteroatoms. The Morgan fingerprint density at radius 1 is 1.34 bits per heavy atom.